The van der Waals surface area contributed by atoms with E-state index in [1.54, 1.807) is 20.8 Å². The van der Waals surface area contributed by atoms with Crippen LogP contribution in [0, 0.1) is 20.8 Å². The molecule has 2 atom stereocenters. The molecule has 0 radical (unpaired) electrons. The quantitative estimate of drug-likeness (QED) is 0.556. The predicted octanol–water partition coefficient (Wildman–Crippen LogP) is 6.16. The van der Waals surface area contributed by atoms with Crippen molar-refractivity contribution >= 4 is 59.0 Å². The molecule has 1 aliphatic rings. The van der Waals surface area contributed by atoms with Gasteiger partial charge in [0.25, 0.3) is 0 Å². The van der Waals surface area contributed by atoms with Crippen molar-refractivity contribution in [1.82, 2.24) is 0 Å². The van der Waals surface area contributed by atoms with Crippen LogP contribution in [0.1, 0.15) is 66.5 Å². The zero-order valence-electron chi connectivity index (χ0n) is 15.2. The van der Waals surface area contributed by atoms with E-state index in [0.717, 1.165) is 0 Å². The van der Waals surface area contributed by atoms with Crippen molar-refractivity contribution in [2.45, 2.75) is 39.6 Å². The summed E-state index contributed by atoms with van der Waals surface area (Å²) in [5.74, 6) is 0. The molecule has 3 rings (SSSR count). The number of benzene rings is 2. The molecule has 0 aliphatic carbocycles. The second kappa shape index (κ2) is 7.94. The largest absolute Gasteiger partial charge is 0.364 e. The summed E-state index contributed by atoms with van der Waals surface area (Å²) in [6, 6.07) is 0. The maximum absolute atomic E-state index is 11.7. The lowest BCUT2D eigenvalue weighted by Crippen LogP contribution is -2.24. The molecular weight excluding hydrogens is 446 g/mol. The molecule has 2 aromatic carbocycles. The van der Waals surface area contributed by atoms with E-state index >= 15 is 0 Å². The average Bonchev–Trinajstić information content (AvgIpc) is 2.65. The summed E-state index contributed by atoms with van der Waals surface area (Å²) in [6.45, 7) is 5.07. The fraction of sp³-hybridized carbons (Fsp3) is 0.300. The van der Waals surface area contributed by atoms with E-state index in [4.69, 9.17) is 51.1 Å². The number of aliphatic hydroxyl groups is 1. The summed E-state index contributed by atoms with van der Waals surface area (Å²) in [5.41, 5.74) is 3.47. The third-order valence-corrected chi connectivity index (χ3v) is 7.16. The molecule has 0 saturated heterocycles. The number of carbonyl (C=O) groups excluding carboxylic acids is 2. The maximum atomic E-state index is 11.7. The molecule has 1 N–H and O–H groups in total. The Labute approximate surface area is 182 Å². The zero-order valence-corrected chi connectivity index (χ0v) is 18.2. The van der Waals surface area contributed by atoms with Crippen molar-refractivity contribution < 1.29 is 19.4 Å². The van der Waals surface area contributed by atoms with Crippen LogP contribution in [0.15, 0.2) is 0 Å². The Morgan fingerprint density at radius 2 is 1.32 bits per heavy atom. The Balaban J connectivity index is 2.26. The van der Waals surface area contributed by atoms with Crippen molar-refractivity contribution in [3.63, 3.8) is 0 Å². The molecule has 0 amide bonds. The third-order valence-electron chi connectivity index (χ3n) is 5.21. The van der Waals surface area contributed by atoms with Gasteiger partial charge >= 0.3 is 0 Å². The second-order valence-corrected chi connectivity index (χ2v) is 8.19. The molecule has 28 heavy (non-hydrogen) atoms. The molecule has 8 heteroatoms. The first kappa shape index (κ1) is 21.6. The van der Waals surface area contributed by atoms with Crippen LogP contribution in [0.25, 0.3) is 0 Å². The highest BCUT2D eigenvalue weighted by atomic mass is 35.5. The molecule has 2 unspecified atom stereocenters. The normalized spacial score (nSPS) is 18.7. The van der Waals surface area contributed by atoms with E-state index in [-0.39, 0.29) is 27.1 Å². The number of fused-ring (bicyclic) bond motifs is 1. The highest BCUT2D eigenvalue weighted by Gasteiger charge is 2.35. The predicted molar refractivity (Wildman–Crippen MR) is 110 cm³/mol. The fourth-order valence-corrected chi connectivity index (χ4v) is 4.93. The zero-order chi connectivity index (χ0) is 20.9. The maximum Gasteiger partial charge on any atom is 0.183 e. The van der Waals surface area contributed by atoms with Gasteiger partial charge in [0.1, 0.15) is 0 Å². The van der Waals surface area contributed by atoms with Crippen molar-refractivity contribution in [2.24, 2.45) is 0 Å². The standard InChI is InChI=1S/C20H16Cl4O4/c1-7-11(5-25)16(21)8(2)18(23)14(7)13-4-10-12(6-26)17(22)9(3)19(24)15(10)20(27)28-13/h5-6,13,20,27H,4H2,1-3H3. The molecule has 0 fully saturated rings. The van der Waals surface area contributed by atoms with E-state index in [0.29, 0.717) is 56.5 Å². The summed E-state index contributed by atoms with van der Waals surface area (Å²) < 4.78 is 5.80. The molecule has 1 aliphatic heterocycles. The van der Waals surface area contributed by atoms with Gasteiger partial charge in [-0.3, -0.25) is 9.59 Å². The number of hydrogen-bond acceptors (Lipinski definition) is 4. The van der Waals surface area contributed by atoms with E-state index in [1.807, 2.05) is 0 Å². The number of rotatable bonds is 3. The minimum Gasteiger partial charge on any atom is -0.364 e. The minimum atomic E-state index is -1.39. The number of aldehydes is 2. The number of halogens is 4. The number of aliphatic hydroxyl groups excluding tert-OH is 1. The SMILES string of the molecule is Cc1c(Cl)c(C=O)c2c(c1Cl)C(O)OC(c1c(C)c(C=O)c(Cl)c(C)c1Cl)C2. The number of carbonyl (C=O) groups is 2. The fourth-order valence-electron chi connectivity index (χ4n) is 3.64. The molecule has 4 nitrogen and oxygen atoms in total. The first-order valence-corrected chi connectivity index (χ1v) is 9.89. The monoisotopic (exact) mass is 460 g/mol. The molecule has 0 spiro atoms. The highest BCUT2D eigenvalue weighted by molar-refractivity contribution is 6.39. The summed E-state index contributed by atoms with van der Waals surface area (Å²) >= 11 is 25.4. The van der Waals surface area contributed by atoms with Gasteiger partial charge in [0.15, 0.2) is 18.9 Å². The lowest BCUT2D eigenvalue weighted by Gasteiger charge is -2.34. The molecule has 1 heterocycles. The smallest absolute Gasteiger partial charge is 0.183 e. The third kappa shape index (κ3) is 3.17. The first-order valence-electron chi connectivity index (χ1n) is 8.37. The van der Waals surface area contributed by atoms with Crippen LogP contribution in [-0.4, -0.2) is 17.7 Å². The van der Waals surface area contributed by atoms with Gasteiger partial charge in [0, 0.05) is 28.7 Å². The van der Waals surface area contributed by atoms with Crippen LogP contribution in [0.5, 0.6) is 0 Å². The lowest BCUT2D eigenvalue weighted by atomic mass is 9.86. The summed E-state index contributed by atoms with van der Waals surface area (Å²) in [7, 11) is 0. The van der Waals surface area contributed by atoms with Crippen LogP contribution in [-0.2, 0) is 11.2 Å². The molecule has 0 bridgehead atoms. The average molecular weight is 462 g/mol. The van der Waals surface area contributed by atoms with Gasteiger partial charge in [-0.2, -0.15) is 0 Å². The van der Waals surface area contributed by atoms with Crippen LogP contribution in [0.3, 0.4) is 0 Å². The second-order valence-electron chi connectivity index (χ2n) is 6.68. The minimum absolute atomic E-state index is 0.195. The number of hydrogen-bond donors (Lipinski definition) is 1. The van der Waals surface area contributed by atoms with Gasteiger partial charge in [-0.15, -0.1) is 0 Å². The van der Waals surface area contributed by atoms with Crippen molar-refractivity contribution in [1.29, 1.82) is 0 Å². The van der Waals surface area contributed by atoms with E-state index < -0.39 is 12.4 Å². The van der Waals surface area contributed by atoms with Gasteiger partial charge in [-0.05, 0) is 43.0 Å². The molecule has 2 aromatic rings. The van der Waals surface area contributed by atoms with E-state index in [9.17, 15) is 14.7 Å². The van der Waals surface area contributed by atoms with Crippen LogP contribution in [0.2, 0.25) is 20.1 Å². The summed E-state index contributed by atoms with van der Waals surface area (Å²) in [5, 5.41) is 11.7. The van der Waals surface area contributed by atoms with E-state index in [1.165, 1.54) is 0 Å². The Kier molecular flexibility index (Phi) is 6.12. The molecule has 0 saturated carbocycles. The molecule has 0 aromatic heterocycles. The lowest BCUT2D eigenvalue weighted by molar-refractivity contribution is -0.151. The highest BCUT2D eigenvalue weighted by Crippen LogP contribution is 2.47. The molecule has 148 valence electrons. The topological polar surface area (TPSA) is 63.6 Å². The molecular formula is C20H16Cl4O4. The van der Waals surface area contributed by atoms with Crippen molar-refractivity contribution in [2.75, 3.05) is 0 Å². The van der Waals surface area contributed by atoms with Crippen LogP contribution in [0.4, 0.5) is 0 Å². The number of ether oxygens (including phenoxy) is 1. The van der Waals surface area contributed by atoms with Gasteiger partial charge in [-0.1, -0.05) is 46.4 Å². The van der Waals surface area contributed by atoms with Crippen LogP contribution >= 0.6 is 46.4 Å². The van der Waals surface area contributed by atoms with Crippen molar-refractivity contribution in [3.05, 3.63) is 64.6 Å². The Morgan fingerprint density at radius 3 is 1.86 bits per heavy atom. The summed E-state index contributed by atoms with van der Waals surface area (Å²) in [4.78, 5) is 23.2. The van der Waals surface area contributed by atoms with E-state index in [2.05, 4.69) is 0 Å². The Morgan fingerprint density at radius 1 is 0.821 bits per heavy atom. The van der Waals surface area contributed by atoms with Gasteiger partial charge in [0.2, 0.25) is 0 Å². The van der Waals surface area contributed by atoms with Gasteiger partial charge in [0.05, 0.1) is 26.2 Å². The Bertz CT molecular complexity index is 1020. The van der Waals surface area contributed by atoms with Gasteiger partial charge in [-0.25, -0.2) is 0 Å². The summed E-state index contributed by atoms with van der Waals surface area (Å²) in [6.07, 6.45) is -0.621. The Hall–Kier alpha value is -1.14. The first-order chi connectivity index (χ1) is 13.1. The van der Waals surface area contributed by atoms with Crippen LogP contribution < -0.4 is 0 Å². The van der Waals surface area contributed by atoms with Crippen molar-refractivity contribution in [3.8, 4) is 0 Å². The van der Waals surface area contributed by atoms with Gasteiger partial charge < -0.3 is 9.84 Å².